The molecule has 0 aromatic rings. The molecule has 0 aliphatic carbocycles. The van der Waals surface area contributed by atoms with Crippen molar-refractivity contribution in [2.24, 2.45) is 11.8 Å². The Morgan fingerprint density at radius 3 is 2.19 bits per heavy atom. The van der Waals surface area contributed by atoms with Gasteiger partial charge in [-0.25, -0.2) is 0 Å². The van der Waals surface area contributed by atoms with Crippen molar-refractivity contribution >= 4 is 5.97 Å². The lowest BCUT2D eigenvalue weighted by Crippen LogP contribution is -2.17. The van der Waals surface area contributed by atoms with Crippen LogP contribution in [0.5, 0.6) is 0 Å². The Kier molecular flexibility index (Phi) is 9.36. The van der Waals surface area contributed by atoms with E-state index in [9.17, 15) is 4.79 Å². The SMILES string of the molecule is CCCCCC(CCC)CC(CC)C(=O)O. The highest BCUT2D eigenvalue weighted by Gasteiger charge is 2.20. The zero-order valence-corrected chi connectivity index (χ0v) is 11.2. The molecular formula is C14H28O2. The predicted molar refractivity (Wildman–Crippen MR) is 68.6 cm³/mol. The van der Waals surface area contributed by atoms with E-state index in [1.807, 2.05) is 6.92 Å². The molecule has 0 saturated carbocycles. The van der Waals surface area contributed by atoms with E-state index in [1.54, 1.807) is 0 Å². The van der Waals surface area contributed by atoms with Gasteiger partial charge in [-0.1, -0.05) is 59.3 Å². The van der Waals surface area contributed by atoms with Crippen LogP contribution in [0.2, 0.25) is 0 Å². The summed E-state index contributed by atoms with van der Waals surface area (Å²) in [5.41, 5.74) is 0. The summed E-state index contributed by atoms with van der Waals surface area (Å²) in [5.74, 6) is -0.116. The number of carbonyl (C=O) groups is 1. The number of unbranched alkanes of at least 4 members (excludes halogenated alkanes) is 2. The van der Waals surface area contributed by atoms with Gasteiger partial charge < -0.3 is 5.11 Å². The second-order valence-electron chi connectivity index (χ2n) is 4.83. The van der Waals surface area contributed by atoms with Crippen molar-refractivity contribution < 1.29 is 9.90 Å². The van der Waals surface area contributed by atoms with Crippen LogP contribution in [0.4, 0.5) is 0 Å². The van der Waals surface area contributed by atoms with Crippen LogP contribution in [-0.2, 0) is 4.79 Å². The highest BCUT2D eigenvalue weighted by atomic mass is 16.4. The second-order valence-corrected chi connectivity index (χ2v) is 4.83. The first-order valence-electron chi connectivity index (χ1n) is 6.88. The Balaban J connectivity index is 4.03. The van der Waals surface area contributed by atoms with E-state index in [0.717, 1.165) is 12.8 Å². The third-order valence-corrected chi connectivity index (χ3v) is 3.37. The van der Waals surface area contributed by atoms with Crippen molar-refractivity contribution in [2.75, 3.05) is 0 Å². The molecule has 0 spiro atoms. The minimum absolute atomic E-state index is 0.127. The maximum Gasteiger partial charge on any atom is 0.306 e. The topological polar surface area (TPSA) is 37.3 Å². The zero-order chi connectivity index (χ0) is 12.4. The maximum absolute atomic E-state index is 11.0. The average molecular weight is 228 g/mol. The van der Waals surface area contributed by atoms with Crippen LogP contribution in [0.3, 0.4) is 0 Å². The molecule has 0 heterocycles. The highest BCUT2D eigenvalue weighted by molar-refractivity contribution is 5.69. The van der Waals surface area contributed by atoms with Crippen molar-refractivity contribution in [3.63, 3.8) is 0 Å². The molecule has 0 aromatic carbocycles. The van der Waals surface area contributed by atoms with Gasteiger partial charge in [0, 0.05) is 0 Å². The van der Waals surface area contributed by atoms with Crippen molar-refractivity contribution in [3.8, 4) is 0 Å². The summed E-state index contributed by atoms with van der Waals surface area (Å²) < 4.78 is 0. The summed E-state index contributed by atoms with van der Waals surface area (Å²) in [6.45, 7) is 6.38. The average Bonchev–Trinajstić information content (AvgIpc) is 2.25. The quantitative estimate of drug-likeness (QED) is 0.560. The first-order chi connectivity index (χ1) is 7.65. The van der Waals surface area contributed by atoms with Crippen LogP contribution in [0.1, 0.15) is 72.1 Å². The van der Waals surface area contributed by atoms with Crippen molar-refractivity contribution in [1.82, 2.24) is 0 Å². The molecule has 2 heteroatoms. The molecule has 0 fully saturated rings. The second kappa shape index (κ2) is 9.68. The van der Waals surface area contributed by atoms with Crippen LogP contribution in [0.25, 0.3) is 0 Å². The number of hydrogen-bond acceptors (Lipinski definition) is 1. The molecule has 2 atom stereocenters. The number of carboxylic acids is 1. The summed E-state index contributed by atoms with van der Waals surface area (Å²) in [4.78, 5) is 11.0. The van der Waals surface area contributed by atoms with E-state index in [0.29, 0.717) is 5.92 Å². The van der Waals surface area contributed by atoms with Crippen LogP contribution in [0, 0.1) is 11.8 Å². The van der Waals surface area contributed by atoms with Crippen LogP contribution in [0.15, 0.2) is 0 Å². The van der Waals surface area contributed by atoms with Gasteiger partial charge in [0.15, 0.2) is 0 Å². The molecule has 0 rings (SSSR count). The van der Waals surface area contributed by atoms with Crippen LogP contribution < -0.4 is 0 Å². The molecular weight excluding hydrogens is 200 g/mol. The fraction of sp³-hybridized carbons (Fsp3) is 0.929. The summed E-state index contributed by atoms with van der Waals surface area (Å²) in [7, 11) is 0. The standard InChI is InChI=1S/C14H28O2/c1-4-7-8-10-12(9-5-2)11-13(6-3)14(15)16/h12-13H,4-11H2,1-3H3,(H,15,16). The van der Waals surface area contributed by atoms with Gasteiger partial charge in [0.05, 0.1) is 5.92 Å². The monoisotopic (exact) mass is 228 g/mol. The summed E-state index contributed by atoms with van der Waals surface area (Å²) in [6, 6.07) is 0. The third kappa shape index (κ3) is 6.86. The molecule has 0 saturated heterocycles. The van der Waals surface area contributed by atoms with Gasteiger partial charge in [0.2, 0.25) is 0 Å². The Morgan fingerprint density at radius 1 is 1.06 bits per heavy atom. The molecule has 16 heavy (non-hydrogen) atoms. The lowest BCUT2D eigenvalue weighted by atomic mass is 9.86. The molecule has 2 unspecified atom stereocenters. The van der Waals surface area contributed by atoms with E-state index >= 15 is 0 Å². The molecule has 2 nitrogen and oxygen atoms in total. The molecule has 0 radical (unpaired) electrons. The highest BCUT2D eigenvalue weighted by Crippen LogP contribution is 2.25. The van der Waals surface area contributed by atoms with E-state index in [-0.39, 0.29) is 5.92 Å². The summed E-state index contributed by atoms with van der Waals surface area (Å²) in [6.07, 6.45) is 9.01. The first-order valence-corrected chi connectivity index (χ1v) is 6.88. The Bertz CT molecular complexity index is 178. The molecule has 0 aromatic heterocycles. The number of rotatable bonds is 10. The van der Waals surface area contributed by atoms with E-state index in [4.69, 9.17) is 5.11 Å². The Labute approximate surface area is 100 Å². The number of aliphatic carboxylic acids is 1. The Morgan fingerprint density at radius 2 is 1.75 bits per heavy atom. The van der Waals surface area contributed by atoms with Crippen molar-refractivity contribution in [3.05, 3.63) is 0 Å². The van der Waals surface area contributed by atoms with Crippen LogP contribution >= 0.6 is 0 Å². The third-order valence-electron chi connectivity index (χ3n) is 3.37. The normalized spacial score (nSPS) is 14.7. The van der Waals surface area contributed by atoms with Gasteiger partial charge in [-0.2, -0.15) is 0 Å². The van der Waals surface area contributed by atoms with E-state index in [2.05, 4.69) is 13.8 Å². The van der Waals surface area contributed by atoms with E-state index < -0.39 is 5.97 Å². The largest absolute Gasteiger partial charge is 0.481 e. The van der Waals surface area contributed by atoms with Gasteiger partial charge in [0.25, 0.3) is 0 Å². The number of carboxylic acid groups (broad SMARTS) is 1. The molecule has 0 bridgehead atoms. The summed E-state index contributed by atoms with van der Waals surface area (Å²) in [5, 5.41) is 9.06. The van der Waals surface area contributed by atoms with Crippen LogP contribution in [-0.4, -0.2) is 11.1 Å². The fourth-order valence-corrected chi connectivity index (χ4v) is 2.32. The molecule has 0 amide bonds. The minimum atomic E-state index is -0.612. The first kappa shape index (κ1) is 15.5. The predicted octanol–water partition coefficient (Wildman–Crippen LogP) is 4.48. The van der Waals surface area contributed by atoms with Gasteiger partial charge >= 0.3 is 5.97 Å². The molecule has 96 valence electrons. The van der Waals surface area contributed by atoms with Crippen molar-refractivity contribution in [1.29, 1.82) is 0 Å². The van der Waals surface area contributed by atoms with Gasteiger partial charge in [-0.3, -0.25) is 4.79 Å². The van der Waals surface area contributed by atoms with Gasteiger partial charge in [-0.15, -0.1) is 0 Å². The van der Waals surface area contributed by atoms with Crippen molar-refractivity contribution in [2.45, 2.75) is 72.1 Å². The minimum Gasteiger partial charge on any atom is -0.481 e. The zero-order valence-electron chi connectivity index (χ0n) is 11.2. The van der Waals surface area contributed by atoms with Gasteiger partial charge in [-0.05, 0) is 18.8 Å². The maximum atomic E-state index is 11.0. The lowest BCUT2D eigenvalue weighted by molar-refractivity contribution is -0.142. The Hall–Kier alpha value is -0.530. The molecule has 0 aliphatic heterocycles. The smallest absolute Gasteiger partial charge is 0.306 e. The fourth-order valence-electron chi connectivity index (χ4n) is 2.32. The molecule has 0 aliphatic rings. The van der Waals surface area contributed by atoms with E-state index in [1.165, 1.54) is 38.5 Å². The van der Waals surface area contributed by atoms with Gasteiger partial charge in [0.1, 0.15) is 0 Å². The lowest BCUT2D eigenvalue weighted by Gasteiger charge is -2.19. The summed E-state index contributed by atoms with van der Waals surface area (Å²) >= 11 is 0. The number of hydrogen-bond donors (Lipinski definition) is 1. The molecule has 1 N–H and O–H groups in total.